The van der Waals surface area contributed by atoms with Crippen LogP contribution in [0.2, 0.25) is 0 Å². The number of carboxylic acid groups (broad SMARTS) is 1. The van der Waals surface area contributed by atoms with Gasteiger partial charge in [-0.1, -0.05) is 0 Å². The molecule has 0 saturated carbocycles. The molecule has 2 amide bonds. The number of rotatable bonds is 5. The third-order valence-corrected chi connectivity index (χ3v) is 2.89. The molecule has 1 fully saturated rings. The highest BCUT2D eigenvalue weighted by Crippen LogP contribution is 2.07. The van der Waals surface area contributed by atoms with Gasteiger partial charge in [-0.3, -0.25) is 14.4 Å². The van der Waals surface area contributed by atoms with Crippen LogP contribution in [0.1, 0.15) is 18.5 Å². The van der Waals surface area contributed by atoms with Crippen molar-refractivity contribution in [3.63, 3.8) is 0 Å². The summed E-state index contributed by atoms with van der Waals surface area (Å²) in [6.07, 6.45) is 3.32. The highest BCUT2D eigenvalue weighted by Gasteiger charge is 2.33. The third kappa shape index (κ3) is 3.30. The van der Waals surface area contributed by atoms with Crippen LogP contribution in [0.25, 0.3) is 0 Å². The van der Waals surface area contributed by atoms with E-state index in [0.717, 1.165) is 5.69 Å². The van der Waals surface area contributed by atoms with E-state index in [4.69, 9.17) is 5.11 Å². The van der Waals surface area contributed by atoms with Crippen LogP contribution in [0.5, 0.6) is 0 Å². The number of imidazole rings is 1. The molecule has 4 N–H and O–H groups in total. The minimum Gasteiger partial charge on any atom is -0.481 e. The van der Waals surface area contributed by atoms with Gasteiger partial charge in [0.1, 0.15) is 12.1 Å². The molecular weight excluding hydrogens is 252 g/mol. The van der Waals surface area contributed by atoms with E-state index < -0.39 is 18.1 Å². The predicted octanol–water partition coefficient (Wildman–Crippen LogP) is -1.20. The van der Waals surface area contributed by atoms with Crippen molar-refractivity contribution >= 4 is 17.8 Å². The van der Waals surface area contributed by atoms with E-state index in [1.165, 1.54) is 6.33 Å². The van der Waals surface area contributed by atoms with E-state index in [-0.39, 0.29) is 24.7 Å². The Labute approximate surface area is 108 Å². The van der Waals surface area contributed by atoms with Crippen LogP contribution in [-0.2, 0) is 20.8 Å². The number of aromatic nitrogens is 2. The van der Waals surface area contributed by atoms with E-state index >= 15 is 0 Å². The number of H-pyrrole nitrogens is 1. The standard InChI is InChI=1S/C11H14N4O4/c16-9(17)2-1-7-10(18)15-8(11(19)14-7)3-6-4-12-5-13-6/h4-5,7-8H,1-3H2,(H,12,13)(H,14,19)(H,15,18)(H,16,17). The van der Waals surface area contributed by atoms with Gasteiger partial charge in [0.05, 0.1) is 6.33 Å². The Kier molecular flexibility index (Phi) is 3.79. The molecule has 19 heavy (non-hydrogen) atoms. The van der Waals surface area contributed by atoms with E-state index in [0.29, 0.717) is 6.42 Å². The van der Waals surface area contributed by atoms with E-state index in [9.17, 15) is 14.4 Å². The Bertz CT molecular complexity index is 485. The number of piperazine rings is 1. The number of hydrogen-bond donors (Lipinski definition) is 4. The van der Waals surface area contributed by atoms with Gasteiger partial charge < -0.3 is 20.7 Å². The highest BCUT2D eigenvalue weighted by atomic mass is 16.4. The summed E-state index contributed by atoms with van der Waals surface area (Å²) < 4.78 is 0. The van der Waals surface area contributed by atoms with Crippen LogP contribution in [0.3, 0.4) is 0 Å². The van der Waals surface area contributed by atoms with Crippen molar-refractivity contribution in [2.24, 2.45) is 0 Å². The summed E-state index contributed by atoms with van der Waals surface area (Å²) in [5.74, 6) is -1.67. The van der Waals surface area contributed by atoms with Gasteiger partial charge >= 0.3 is 5.97 Å². The topological polar surface area (TPSA) is 124 Å². The second kappa shape index (κ2) is 5.51. The number of nitrogens with zero attached hydrogens (tertiary/aromatic N) is 1. The number of aromatic amines is 1. The summed E-state index contributed by atoms with van der Waals surface area (Å²) >= 11 is 0. The number of carbonyl (C=O) groups excluding carboxylic acids is 2. The SMILES string of the molecule is O=C(O)CCC1NC(=O)C(Cc2cnc[nH]2)NC1=O. The van der Waals surface area contributed by atoms with Gasteiger partial charge in [-0.05, 0) is 6.42 Å². The maximum Gasteiger partial charge on any atom is 0.303 e. The number of aliphatic carboxylic acids is 1. The van der Waals surface area contributed by atoms with Crippen LogP contribution < -0.4 is 10.6 Å². The molecule has 0 aromatic carbocycles. The largest absolute Gasteiger partial charge is 0.481 e. The number of hydrogen-bond acceptors (Lipinski definition) is 4. The first-order chi connectivity index (χ1) is 9.06. The van der Waals surface area contributed by atoms with E-state index in [2.05, 4.69) is 20.6 Å². The minimum absolute atomic E-state index is 0.0870. The van der Waals surface area contributed by atoms with Crippen LogP contribution in [0.15, 0.2) is 12.5 Å². The highest BCUT2D eigenvalue weighted by molar-refractivity contribution is 5.97. The van der Waals surface area contributed by atoms with Crippen LogP contribution in [0, 0.1) is 0 Å². The summed E-state index contributed by atoms with van der Waals surface area (Å²) in [6, 6.07) is -1.43. The number of nitrogens with one attached hydrogen (secondary N) is 3. The molecule has 2 rings (SSSR count). The fourth-order valence-corrected chi connectivity index (χ4v) is 1.91. The lowest BCUT2D eigenvalue weighted by atomic mass is 10.0. The molecule has 8 nitrogen and oxygen atoms in total. The molecule has 0 spiro atoms. The molecule has 1 aliphatic heterocycles. The quantitative estimate of drug-likeness (QED) is 0.533. The second-order valence-electron chi connectivity index (χ2n) is 4.34. The monoisotopic (exact) mass is 266 g/mol. The molecule has 102 valence electrons. The minimum atomic E-state index is -0.998. The zero-order valence-electron chi connectivity index (χ0n) is 10.0. The fourth-order valence-electron chi connectivity index (χ4n) is 1.91. The number of carboxylic acids is 1. The van der Waals surface area contributed by atoms with Crippen LogP contribution in [-0.4, -0.2) is 44.9 Å². The first kappa shape index (κ1) is 13.1. The van der Waals surface area contributed by atoms with Gasteiger partial charge in [0, 0.05) is 24.7 Å². The zero-order chi connectivity index (χ0) is 13.8. The molecule has 2 unspecified atom stereocenters. The van der Waals surface area contributed by atoms with Crippen molar-refractivity contribution in [2.75, 3.05) is 0 Å². The van der Waals surface area contributed by atoms with Crippen molar-refractivity contribution in [3.8, 4) is 0 Å². The van der Waals surface area contributed by atoms with Crippen LogP contribution in [0.4, 0.5) is 0 Å². The van der Waals surface area contributed by atoms with Gasteiger partial charge in [0.25, 0.3) is 0 Å². The van der Waals surface area contributed by atoms with Crippen molar-refractivity contribution in [3.05, 3.63) is 18.2 Å². The van der Waals surface area contributed by atoms with Crippen molar-refractivity contribution in [1.82, 2.24) is 20.6 Å². The summed E-state index contributed by atoms with van der Waals surface area (Å²) in [7, 11) is 0. The average molecular weight is 266 g/mol. The van der Waals surface area contributed by atoms with Gasteiger partial charge in [-0.2, -0.15) is 0 Å². The second-order valence-corrected chi connectivity index (χ2v) is 4.34. The lowest BCUT2D eigenvalue weighted by Gasteiger charge is -2.29. The first-order valence-electron chi connectivity index (χ1n) is 5.86. The smallest absolute Gasteiger partial charge is 0.303 e. The van der Waals surface area contributed by atoms with Gasteiger partial charge in [0.2, 0.25) is 11.8 Å². The zero-order valence-corrected chi connectivity index (χ0v) is 10.0. The molecule has 0 bridgehead atoms. The van der Waals surface area contributed by atoms with Gasteiger partial charge in [-0.25, -0.2) is 4.98 Å². The maximum absolute atomic E-state index is 11.8. The Morgan fingerprint density at radius 3 is 2.58 bits per heavy atom. The Morgan fingerprint density at radius 1 is 1.26 bits per heavy atom. The normalized spacial score (nSPS) is 22.7. The molecule has 0 aliphatic carbocycles. The van der Waals surface area contributed by atoms with Crippen molar-refractivity contribution in [2.45, 2.75) is 31.3 Å². The molecule has 8 heteroatoms. The predicted molar refractivity (Wildman–Crippen MR) is 63.0 cm³/mol. The molecule has 1 aromatic heterocycles. The number of amides is 2. The fraction of sp³-hybridized carbons (Fsp3) is 0.455. The first-order valence-corrected chi connectivity index (χ1v) is 5.86. The maximum atomic E-state index is 11.8. The van der Waals surface area contributed by atoms with Crippen LogP contribution >= 0.6 is 0 Å². The number of carbonyl (C=O) groups is 3. The molecule has 1 aromatic rings. The molecule has 1 saturated heterocycles. The molecule has 2 heterocycles. The van der Waals surface area contributed by atoms with E-state index in [1.54, 1.807) is 6.20 Å². The average Bonchev–Trinajstić information content (AvgIpc) is 2.84. The Hall–Kier alpha value is -2.38. The Balaban J connectivity index is 1.92. The summed E-state index contributed by atoms with van der Waals surface area (Å²) in [4.78, 5) is 40.7. The lowest BCUT2D eigenvalue weighted by Crippen LogP contribution is -2.62. The summed E-state index contributed by atoms with van der Waals surface area (Å²) in [5, 5.41) is 13.7. The summed E-state index contributed by atoms with van der Waals surface area (Å²) in [5.41, 5.74) is 0.740. The molecule has 2 atom stereocenters. The molecular formula is C11H14N4O4. The summed E-state index contributed by atoms with van der Waals surface area (Å²) in [6.45, 7) is 0. The Morgan fingerprint density at radius 2 is 1.95 bits per heavy atom. The van der Waals surface area contributed by atoms with E-state index in [1.807, 2.05) is 0 Å². The molecule has 1 aliphatic rings. The van der Waals surface area contributed by atoms with Gasteiger partial charge in [-0.15, -0.1) is 0 Å². The lowest BCUT2D eigenvalue weighted by molar-refractivity contribution is -0.139. The van der Waals surface area contributed by atoms with Gasteiger partial charge in [0.15, 0.2) is 0 Å². The van der Waals surface area contributed by atoms with Crippen molar-refractivity contribution in [1.29, 1.82) is 0 Å². The van der Waals surface area contributed by atoms with Crippen molar-refractivity contribution < 1.29 is 19.5 Å². The third-order valence-electron chi connectivity index (χ3n) is 2.89. The molecule has 0 radical (unpaired) electrons.